The van der Waals surface area contributed by atoms with Gasteiger partial charge < -0.3 is 15.4 Å². The van der Waals surface area contributed by atoms with Gasteiger partial charge in [-0.25, -0.2) is 27.9 Å². The molecule has 0 spiro atoms. The van der Waals surface area contributed by atoms with Crippen molar-refractivity contribution in [3.63, 3.8) is 0 Å². The molecular formula is C20H16Cl2F3N5O4S2. The molecule has 1 heterocycles. The summed E-state index contributed by atoms with van der Waals surface area (Å²) in [7, 11) is -2.37. The smallest absolute Gasteiger partial charge is 0.417 e. The second-order valence-electron chi connectivity index (χ2n) is 6.76. The summed E-state index contributed by atoms with van der Waals surface area (Å²) in [4.78, 5) is 20.1. The van der Waals surface area contributed by atoms with Crippen molar-refractivity contribution in [1.82, 2.24) is 14.7 Å². The van der Waals surface area contributed by atoms with Crippen molar-refractivity contribution in [2.45, 2.75) is 16.0 Å². The molecule has 16 heteroatoms. The molecule has 36 heavy (non-hydrogen) atoms. The van der Waals surface area contributed by atoms with Crippen LogP contribution < -0.4 is 20.1 Å². The van der Waals surface area contributed by atoms with Crippen LogP contribution in [0.5, 0.6) is 5.75 Å². The Balaban J connectivity index is 1.84. The number of sulfonamides is 1. The van der Waals surface area contributed by atoms with Gasteiger partial charge in [0.05, 0.1) is 20.6 Å². The SMILES string of the molecule is CNS(=O)(=O)c1ccc(SC)c(Nc2cc(Nc3cc(Cl)c(OC(=O)C(F)(F)F)c(Cl)c3)ncn2)c1. The number of esters is 1. The number of anilines is 4. The van der Waals surface area contributed by atoms with Crippen molar-refractivity contribution in [2.24, 2.45) is 0 Å². The Morgan fingerprint density at radius 3 is 2.19 bits per heavy atom. The number of rotatable bonds is 8. The summed E-state index contributed by atoms with van der Waals surface area (Å²) in [5.41, 5.74) is 0.707. The second kappa shape index (κ2) is 11.1. The fraction of sp³-hybridized carbons (Fsp3) is 0.150. The highest BCUT2D eigenvalue weighted by molar-refractivity contribution is 7.98. The maximum atomic E-state index is 12.5. The molecule has 3 aromatic rings. The number of carbonyl (C=O) groups excluding carboxylic acids is 1. The minimum Gasteiger partial charge on any atom is -0.417 e. The Kier molecular flexibility index (Phi) is 8.56. The lowest BCUT2D eigenvalue weighted by atomic mass is 10.3. The molecule has 0 aliphatic carbocycles. The second-order valence-corrected chi connectivity index (χ2v) is 10.3. The third-order valence-corrected chi connectivity index (χ3v) is 7.15. The number of hydrogen-bond acceptors (Lipinski definition) is 9. The van der Waals surface area contributed by atoms with E-state index in [1.165, 1.54) is 55.5 Å². The van der Waals surface area contributed by atoms with Crippen LogP contribution in [-0.4, -0.2) is 43.8 Å². The topological polar surface area (TPSA) is 122 Å². The van der Waals surface area contributed by atoms with Crippen LogP contribution in [0.25, 0.3) is 0 Å². The zero-order chi connectivity index (χ0) is 26.7. The summed E-state index contributed by atoms with van der Waals surface area (Å²) in [5.74, 6) is -2.56. The molecule has 0 unspecified atom stereocenters. The number of hydrogen-bond donors (Lipinski definition) is 3. The Bertz CT molecular complexity index is 1390. The van der Waals surface area contributed by atoms with E-state index in [4.69, 9.17) is 23.2 Å². The standard InChI is InChI=1S/C20H16Cl2F3N5O4S2/c1-26-36(32,33)11-3-4-15(35-2)14(7-11)30-17-8-16(27-9-28-17)29-10-5-12(21)18(13(22)6-10)34-19(31)20(23,24)25/h3-9,26H,1-2H3,(H2,27,28,29,30). The van der Waals surface area contributed by atoms with Gasteiger partial charge in [0.25, 0.3) is 0 Å². The molecule has 192 valence electrons. The van der Waals surface area contributed by atoms with E-state index < -0.39 is 27.9 Å². The van der Waals surface area contributed by atoms with E-state index in [1.54, 1.807) is 6.07 Å². The van der Waals surface area contributed by atoms with Gasteiger partial charge in [-0.1, -0.05) is 23.2 Å². The Morgan fingerprint density at radius 2 is 1.64 bits per heavy atom. The van der Waals surface area contributed by atoms with Gasteiger partial charge >= 0.3 is 12.1 Å². The lowest BCUT2D eigenvalue weighted by Gasteiger charge is -2.14. The first-order valence-corrected chi connectivity index (χ1v) is 13.1. The van der Waals surface area contributed by atoms with Gasteiger partial charge in [-0.2, -0.15) is 13.2 Å². The summed E-state index contributed by atoms with van der Waals surface area (Å²) in [5, 5.41) is 5.21. The maximum absolute atomic E-state index is 12.5. The molecule has 3 N–H and O–H groups in total. The van der Waals surface area contributed by atoms with Crippen LogP contribution in [0.1, 0.15) is 0 Å². The van der Waals surface area contributed by atoms with Gasteiger partial charge in [-0.05, 0) is 43.6 Å². The summed E-state index contributed by atoms with van der Waals surface area (Å²) < 4.78 is 68.3. The molecule has 0 amide bonds. The molecule has 0 radical (unpaired) electrons. The predicted octanol–water partition coefficient (Wildman–Crippen LogP) is 5.37. The zero-order valence-electron chi connectivity index (χ0n) is 18.3. The Morgan fingerprint density at radius 1 is 1.03 bits per heavy atom. The molecule has 0 fully saturated rings. The third-order valence-electron chi connectivity index (χ3n) is 4.38. The van der Waals surface area contributed by atoms with Gasteiger partial charge in [0, 0.05) is 16.6 Å². The number of nitrogens with one attached hydrogen (secondary N) is 3. The van der Waals surface area contributed by atoms with Gasteiger partial charge in [-0.15, -0.1) is 11.8 Å². The summed E-state index contributed by atoms with van der Waals surface area (Å²) in [6.07, 6.45) is -2.18. The average Bonchev–Trinajstić information content (AvgIpc) is 2.81. The number of halogens is 5. The molecule has 0 saturated heterocycles. The highest BCUT2D eigenvalue weighted by Gasteiger charge is 2.42. The number of carbonyl (C=O) groups is 1. The molecule has 0 atom stereocenters. The average molecular weight is 582 g/mol. The summed E-state index contributed by atoms with van der Waals surface area (Å²) in [6.45, 7) is 0. The van der Waals surface area contributed by atoms with Crippen molar-refractivity contribution in [2.75, 3.05) is 23.9 Å². The molecule has 2 aromatic carbocycles. The summed E-state index contributed by atoms with van der Waals surface area (Å²) in [6, 6.07) is 8.45. The first kappa shape index (κ1) is 27.8. The zero-order valence-corrected chi connectivity index (χ0v) is 21.4. The van der Waals surface area contributed by atoms with Crippen molar-refractivity contribution >= 4 is 74.0 Å². The van der Waals surface area contributed by atoms with Crippen molar-refractivity contribution in [1.29, 1.82) is 0 Å². The molecule has 0 aliphatic heterocycles. The first-order valence-electron chi connectivity index (χ1n) is 9.59. The number of alkyl halides is 3. The van der Waals surface area contributed by atoms with E-state index in [2.05, 4.69) is 30.1 Å². The highest BCUT2D eigenvalue weighted by Crippen LogP contribution is 2.38. The van der Waals surface area contributed by atoms with Crippen molar-refractivity contribution < 1.29 is 31.1 Å². The molecular weight excluding hydrogens is 566 g/mol. The van der Waals surface area contributed by atoms with Gasteiger partial charge in [0.2, 0.25) is 10.0 Å². The van der Waals surface area contributed by atoms with Crippen LogP contribution in [-0.2, 0) is 14.8 Å². The molecule has 9 nitrogen and oxygen atoms in total. The molecule has 1 aromatic heterocycles. The van der Waals surface area contributed by atoms with Crippen LogP contribution in [0.3, 0.4) is 0 Å². The number of thioether (sulfide) groups is 1. The van der Waals surface area contributed by atoms with E-state index >= 15 is 0 Å². The molecule has 0 saturated carbocycles. The van der Waals surface area contributed by atoms with E-state index in [0.29, 0.717) is 11.5 Å². The van der Waals surface area contributed by atoms with Crippen LogP contribution >= 0.6 is 35.0 Å². The number of aromatic nitrogens is 2. The molecule has 0 bridgehead atoms. The highest BCUT2D eigenvalue weighted by atomic mass is 35.5. The van der Waals surface area contributed by atoms with Gasteiger partial charge in [0.15, 0.2) is 5.75 Å². The van der Waals surface area contributed by atoms with Crippen LogP contribution in [0.2, 0.25) is 10.0 Å². The maximum Gasteiger partial charge on any atom is 0.491 e. The normalized spacial score (nSPS) is 11.8. The van der Waals surface area contributed by atoms with Crippen LogP contribution in [0, 0.1) is 0 Å². The van der Waals surface area contributed by atoms with Gasteiger partial charge in [0.1, 0.15) is 18.0 Å². The number of ether oxygens (including phenoxy) is 1. The van der Waals surface area contributed by atoms with Crippen molar-refractivity contribution in [3.8, 4) is 5.75 Å². The van der Waals surface area contributed by atoms with Crippen LogP contribution in [0.4, 0.5) is 36.2 Å². The number of benzene rings is 2. The summed E-state index contributed by atoms with van der Waals surface area (Å²) >= 11 is 13.3. The Hall–Kier alpha value is -2.78. The first-order chi connectivity index (χ1) is 16.8. The third kappa shape index (κ3) is 6.70. The number of nitrogens with zero attached hydrogens (tertiary/aromatic N) is 2. The molecule has 0 aliphatic rings. The van der Waals surface area contributed by atoms with Crippen LogP contribution in [0.15, 0.2) is 52.5 Å². The van der Waals surface area contributed by atoms with E-state index in [1.807, 2.05) is 6.26 Å². The lowest BCUT2D eigenvalue weighted by Crippen LogP contribution is -2.28. The predicted molar refractivity (Wildman–Crippen MR) is 131 cm³/mol. The minimum atomic E-state index is -5.22. The quantitative estimate of drug-likeness (QED) is 0.183. The Labute approximate surface area is 217 Å². The van der Waals surface area contributed by atoms with E-state index in [0.717, 1.165) is 4.90 Å². The van der Waals surface area contributed by atoms with E-state index in [9.17, 15) is 26.4 Å². The largest absolute Gasteiger partial charge is 0.491 e. The van der Waals surface area contributed by atoms with Gasteiger partial charge in [-0.3, -0.25) is 0 Å². The lowest BCUT2D eigenvalue weighted by molar-refractivity contribution is -0.189. The van der Waals surface area contributed by atoms with E-state index in [-0.39, 0.29) is 26.4 Å². The monoisotopic (exact) mass is 581 g/mol. The molecule has 3 rings (SSSR count). The fourth-order valence-electron chi connectivity index (χ4n) is 2.73. The van der Waals surface area contributed by atoms with Crippen molar-refractivity contribution in [3.05, 3.63) is 52.8 Å². The fourth-order valence-corrected chi connectivity index (χ4v) is 4.58. The minimum absolute atomic E-state index is 0.0494.